The maximum absolute atomic E-state index is 5.94. The molecule has 0 bridgehead atoms. The van der Waals surface area contributed by atoms with E-state index in [4.69, 9.17) is 8.83 Å². The largest absolute Gasteiger partial charge is 0.472 e. The van der Waals surface area contributed by atoms with Crippen LogP contribution in [0.2, 0.25) is 0 Å². The van der Waals surface area contributed by atoms with Gasteiger partial charge in [0.05, 0.1) is 18.7 Å². The van der Waals surface area contributed by atoms with Gasteiger partial charge < -0.3 is 8.83 Å². The van der Waals surface area contributed by atoms with Crippen molar-refractivity contribution in [2.45, 2.75) is 13.1 Å². The van der Waals surface area contributed by atoms with Crippen LogP contribution in [0, 0.1) is 0 Å². The zero-order chi connectivity index (χ0) is 15.6. The van der Waals surface area contributed by atoms with Gasteiger partial charge in [-0.3, -0.25) is 10.00 Å². The van der Waals surface area contributed by atoms with Crippen LogP contribution in [0.3, 0.4) is 0 Å². The predicted molar refractivity (Wildman–Crippen MR) is 87.7 cm³/mol. The fourth-order valence-electron chi connectivity index (χ4n) is 2.79. The molecule has 4 rings (SSSR count). The summed E-state index contributed by atoms with van der Waals surface area (Å²) >= 11 is 0. The van der Waals surface area contributed by atoms with Gasteiger partial charge in [0, 0.05) is 29.6 Å². The number of hydrogen-bond acceptors (Lipinski definition) is 4. The number of hydrogen-bond donors (Lipinski definition) is 1. The van der Waals surface area contributed by atoms with Crippen molar-refractivity contribution >= 4 is 11.0 Å². The number of fused-ring (bicyclic) bond motifs is 1. The molecule has 0 aliphatic carbocycles. The second-order valence-electron chi connectivity index (χ2n) is 5.72. The lowest BCUT2D eigenvalue weighted by atomic mass is 10.2. The standard InChI is InChI=1S/C18H17N3O2/c1-21(10-13-6-7-22-12-13)11-15-9-19-20-18(15)17-8-14-4-2-3-5-16(14)23-17/h2-9,12H,10-11H2,1H3,(H,19,20). The fraction of sp³-hybridized carbons (Fsp3) is 0.167. The molecule has 116 valence electrons. The van der Waals surface area contributed by atoms with E-state index < -0.39 is 0 Å². The molecule has 5 heteroatoms. The highest BCUT2D eigenvalue weighted by Gasteiger charge is 2.14. The topological polar surface area (TPSA) is 58.2 Å². The molecule has 0 amide bonds. The van der Waals surface area contributed by atoms with Crippen molar-refractivity contribution in [2.24, 2.45) is 0 Å². The van der Waals surface area contributed by atoms with Crippen LogP contribution < -0.4 is 0 Å². The number of rotatable bonds is 5. The molecule has 0 atom stereocenters. The number of aromatic nitrogens is 2. The Balaban J connectivity index is 1.58. The Morgan fingerprint density at radius 3 is 2.91 bits per heavy atom. The molecular weight excluding hydrogens is 290 g/mol. The molecular formula is C18H17N3O2. The smallest absolute Gasteiger partial charge is 0.153 e. The lowest BCUT2D eigenvalue weighted by Crippen LogP contribution is -2.16. The van der Waals surface area contributed by atoms with E-state index in [2.05, 4.69) is 22.1 Å². The van der Waals surface area contributed by atoms with E-state index in [9.17, 15) is 0 Å². The third kappa shape index (κ3) is 2.78. The Kier molecular flexibility index (Phi) is 3.48. The van der Waals surface area contributed by atoms with Gasteiger partial charge in [-0.2, -0.15) is 5.10 Å². The van der Waals surface area contributed by atoms with Crippen LogP contribution in [-0.4, -0.2) is 22.1 Å². The quantitative estimate of drug-likeness (QED) is 0.604. The van der Waals surface area contributed by atoms with Crippen LogP contribution in [0.15, 0.2) is 64.0 Å². The summed E-state index contributed by atoms with van der Waals surface area (Å²) < 4.78 is 11.1. The molecule has 0 aliphatic rings. The van der Waals surface area contributed by atoms with Gasteiger partial charge in [0.1, 0.15) is 11.3 Å². The van der Waals surface area contributed by atoms with E-state index >= 15 is 0 Å². The minimum atomic E-state index is 0.772. The van der Waals surface area contributed by atoms with Crippen molar-refractivity contribution < 1.29 is 8.83 Å². The molecule has 0 spiro atoms. The fourth-order valence-corrected chi connectivity index (χ4v) is 2.79. The van der Waals surface area contributed by atoms with Crippen molar-refractivity contribution in [3.05, 3.63) is 66.2 Å². The van der Waals surface area contributed by atoms with Gasteiger partial charge >= 0.3 is 0 Å². The highest BCUT2D eigenvalue weighted by Crippen LogP contribution is 2.29. The number of nitrogens with one attached hydrogen (secondary N) is 1. The Morgan fingerprint density at radius 2 is 2.09 bits per heavy atom. The average molecular weight is 307 g/mol. The van der Waals surface area contributed by atoms with Crippen LogP contribution in [-0.2, 0) is 13.1 Å². The van der Waals surface area contributed by atoms with E-state index in [0.717, 1.165) is 46.6 Å². The molecule has 5 nitrogen and oxygen atoms in total. The first-order chi connectivity index (χ1) is 11.3. The van der Waals surface area contributed by atoms with Crippen LogP contribution in [0.25, 0.3) is 22.4 Å². The molecule has 0 saturated carbocycles. The molecule has 0 fully saturated rings. The predicted octanol–water partition coefficient (Wildman–Crippen LogP) is 4.05. The lowest BCUT2D eigenvalue weighted by Gasteiger charge is -2.15. The highest BCUT2D eigenvalue weighted by molar-refractivity contribution is 5.82. The molecule has 4 aromatic rings. The molecule has 1 aromatic carbocycles. The zero-order valence-corrected chi connectivity index (χ0v) is 12.8. The first-order valence-electron chi connectivity index (χ1n) is 7.50. The molecule has 0 aliphatic heterocycles. The van der Waals surface area contributed by atoms with Crippen molar-refractivity contribution in [1.82, 2.24) is 15.1 Å². The van der Waals surface area contributed by atoms with Crippen LogP contribution in [0.4, 0.5) is 0 Å². The molecule has 23 heavy (non-hydrogen) atoms. The number of benzene rings is 1. The first-order valence-corrected chi connectivity index (χ1v) is 7.50. The van der Waals surface area contributed by atoms with E-state index in [1.165, 1.54) is 0 Å². The third-order valence-corrected chi connectivity index (χ3v) is 3.86. The first kappa shape index (κ1) is 13.8. The van der Waals surface area contributed by atoms with Crippen LogP contribution >= 0.6 is 0 Å². The summed E-state index contributed by atoms with van der Waals surface area (Å²) in [6.45, 7) is 1.59. The minimum absolute atomic E-state index is 0.772. The van der Waals surface area contributed by atoms with E-state index in [1.807, 2.05) is 42.6 Å². The number of para-hydroxylation sites is 1. The summed E-state index contributed by atoms with van der Waals surface area (Å²) in [6.07, 6.45) is 5.32. The summed E-state index contributed by atoms with van der Waals surface area (Å²) in [5.41, 5.74) is 4.08. The van der Waals surface area contributed by atoms with Gasteiger partial charge in [-0.15, -0.1) is 0 Å². The SMILES string of the molecule is CN(Cc1ccoc1)Cc1cn[nH]c1-c1cc2ccccc2o1. The molecule has 0 saturated heterocycles. The third-order valence-electron chi connectivity index (χ3n) is 3.86. The second kappa shape index (κ2) is 5.78. The Morgan fingerprint density at radius 1 is 1.17 bits per heavy atom. The summed E-state index contributed by atoms with van der Waals surface area (Å²) in [5.74, 6) is 0.815. The molecule has 3 aromatic heterocycles. The van der Waals surface area contributed by atoms with Gasteiger partial charge in [-0.1, -0.05) is 18.2 Å². The normalized spacial score (nSPS) is 11.6. The summed E-state index contributed by atoms with van der Waals surface area (Å²) in [5, 5.41) is 8.34. The number of aromatic amines is 1. The summed E-state index contributed by atoms with van der Waals surface area (Å²) in [4.78, 5) is 2.21. The van der Waals surface area contributed by atoms with Crippen molar-refractivity contribution in [1.29, 1.82) is 0 Å². The Bertz CT molecular complexity index is 872. The van der Waals surface area contributed by atoms with Crippen molar-refractivity contribution in [3.8, 4) is 11.5 Å². The number of furan rings is 2. The molecule has 0 unspecified atom stereocenters. The van der Waals surface area contributed by atoms with Crippen LogP contribution in [0.1, 0.15) is 11.1 Å². The van der Waals surface area contributed by atoms with Gasteiger partial charge in [-0.25, -0.2) is 0 Å². The summed E-state index contributed by atoms with van der Waals surface area (Å²) in [6, 6.07) is 12.0. The second-order valence-corrected chi connectivity index (χ2v) is 5.72. The highest BCUT2D eigenvalue weighted by atomic mass is 16.3. The minimum Gasteiger partial charge on any atom is -0.472 e. The van der Waals surface area contributed by atoms with Gasteiger partial charge in [0.2, 0.25) is 0 Å². The van der Waals surface area contributed by atoms with Gasteiger partial charge in [0.15, 0.2) is 5.76 Å². The number of H-pyrrole nitrogens is 1. The Hall–Kier alpha value is -2.79. The maximum Gasteiger partial charge on any atom is 0.153 e. The molecule has 1 N–H and O–H groups in total. The average Bonchev–Trinajstić information content (AvgIpc) is 3.26. The number of nitrogens with zero attached hydrogens (tertiary/aromatic N) is 2. The van der Waals surface area contributed by atoms with Gasteiger partial charge in [0.25, 0.3) is 0 Å². The van der Waals surface area contributed by atoms with E-state index in [-0.39, 0.29) is 0 Å². The van der Waals surface area contributed by atoms with Gasteiger partial charge in [-0.05, 0) is 25.2 Å². The molecule has 0 radical (unpaired) electrons. The zero-order valence-electron chi connectivity index (χ0n) is 12.8. The summed E-state index contributed by atoms with van der Waals surface area (Å²) in [7, 11) is 2.07. The van der Waals surface area contributed by atoms with Crippen LogP contribution in [0.5, 0.6) is 0 Å². The van der Waals surface area contributed by atoms with Crippen molar-refractivity contribution in [2.75, 3.05) is 7.05 Å². The van der Waals surface area contributed by atoms with E-state index in [1.54, 1.807) is 12.5 Å². The monoisotopic (exact) mass is 307 g/mol. The Labute approximate surface area is 133 Å². The van der Waals surface area contributed by atoms with Crippen molar-refractivity contribution in [3.63, 3.8) is 0 Å². The van der Waals surface area contributed by atoms with E-state index in [0.29, 0.717) is 0 Å². The lowest BCUT2D eigenvalue weighted by molar-refractivity contribution is 0.318. The maximum atomic E-state index is 5.94. The molecule has 3 heterocycles.